The van der Waals surface area contributed by atoms with Gasteiger partial charge in [0.05, 0.1) is 0 Å². The summed E-state index contributed by atoms with van der Waals surface area (Å²) in [5.74, 6) is 13.6. The highest BCUT2D eigenvalue weighted by atomic mass is 14.1. The fourth-order valence-corrected chi connectivity index (χ4v) is 3.22. The zero-order valence-electron chi connectivity index (χ0n) is 15.4. The number of benzene rings is 2. The summed E-state index contributed by atoms with van der Waals surface area (Å²) < 4.78 is 0. The van der Waals surface area contributed by atoms with Crippen LogP contribution in [0.1, 0.15) is 49.7 Å². The zero-order valence-corrected chi connectivity index (χ0v) is 15.4. The van der Waals surface area contributed by atoms with Gasteiger partial charge in [-0.1, -0.05) is 84.3 Å². The Balaban J connectivity index is 1.56. The smallest absolute Gasteiger partial charge is 0.0136 e. The summed E-state index contributed by atoms with van der Waals surface area (Å²) in [5, 5.41) is 0. The van der Waals surface area contributed by atoms with Crippen molar-refractivity contribution in [2.24, 2.45) is 0 Å². The molecule has 0 fully saturated rings. The first-order valence-corrected chi connectivity index (χ1v) is 9.69. The molecule has 26 heavy (non-hydrogen) atoms. The maximum absolute atomic E-state index is 3.43. The Hall–Kier alpha value is -2.70. The molecule has 0 nitrogen and oxygen atoms in total. The molecular formula is C26H26. The first kappa shape index (κ1) is 18.1. The van der Waals surface area contributed by atoms with E-state index in [-0.39, 0.29) is 0 Å². The second-order valence-corrected chi connectivity index (χ2v) is 6.74. The van der Waals surface area contributed by atoms with Gasteiger partial charge in [-0.25, -0.2) is 0 Å². The predicted molar refractivity (Wildman–Crippen MR) is 111 cm³/mol. The summed E-state index contributed by atoms with van der Waals surface area (Å²) in [6.07, 6.45) is 8.58. The van der Waals surface area contributed by atoms with Gasteiger partial charge in [-0.2, -0.15) is 0 Å². The molecule has 0 atom stereocenters. The van der Waals surface area contributed by atoms with E-state index < -0.39 is 0 Å². The summed E-state index contributed by atoms with van der Waals surface area (Å²) in [5.41, 5.74) is 5.30. The molecule has 0 N–H and O–H groups in total. The number of allylic oxidation sites excluding steroid dienone is 2. The lowest BCUT2D eigenvalue weighted by Crippen LogP contribution is -1.97. The minimum atomic E-state index is 0.919. The zero-order chi connectivity index (χ0) is 17.9. The number of rotatable bonds is 4. The van der Waals surface area contributed by atoms with Crippen LogP contribution >= 0.6 is 0 Å². The van der Waals surface area contributed by atoms with Crippen molar-refractivity contribution in [2.45, 2.75) is 51.4 Å². The van der Waals surface area contributed by atoms with Crippen LogP contribution in [0.15, 0.2) is 71.8 Å². The number of aryl methyl sites for hydroxylation is 2. The van der Waals surface area contributed by atoms with Gasteiger partial charge in [-0.3, -0.25) is 0 Å². The maximum Gasteiger partial charge on any atom is 0.0136 e. The van der Waals surface area contributed by atoms with Crippen molar-refractivity contribution in [1.29, 1.82) is 0 Å². The van der Waals surface area contributed by atoms with Gasteiger partial charge < -0.3 is 0 Å². The molecule has 2 aromatic carbocycles. The molecule has 0 aliphatic heterocycles. The summed E-state index contributed by atoms with van der Waals surface area (Å²) >= 11 is 0. The second kappa shape index (κ2) is 10.3. The van der Waals surface area contributed by atoms with Gasteiger partial charge in [0.2, 0.25) is 0 Å². The first-order chi connectivity index (χ1) is 12.9. The Morgan fingerprint density at radius 1 is 0.577 bits per heavy atom. The van der Waals surface area contributed by atoms with Crippen LogP contribution < -0.4 is 0 Å². The third-order valence-electron chi connectivity index (χ3n) is 4.71. The molecule has 3 rings (SSSR count). The van der Waals surface area contributed by atoms with Gasteiger partial charge in [-0.05, 0) is 49.7 Å². The van der Waals surface area contributed by atoms with E-state index in [0.29, 0.717) is 0 Å². The summed E-state index contributed by atoms with van der Waals surface area (Å²) in [6.45, 7) is 0. The minimum absolute atomic E-state index is 0.919. The van der Waals surface area contributed by atoms with Crippen LogP contribution in [0.5, 0.6) is 0 Å². The fourth-order valence-electron chi connectivity index (χ4n) is 3.22. The second-order valence-electron chi connectivity index (χ2n) is 6.74. The molecule has 0 aromatic heterocycles. The maximum atomic E-state index is 3.43. The summed E-state index contributed by atoms with van der Waals surface area (Å²) in [4.78, 5) is 0. The molecule has 0 saturated carbocycles. The average Bonchev–Trinajstić information content (AvgIpc) is 2.71. The Bertz CT molecular complexity index is 759. The van der Waals surface area contributed by atoms with Crippen LogP contribution in [0.4, 0.5) is 0 Å². The van der Waals surface area contributed by atoms with Crippen LogP contribution in [0.2, 0.25) is 0 Å². The number of hydrogen-bond donors (Lipinski definition) is 0. The van der Waals surface area contributed by atoms with Gasteiger partial charge in [0.25, 0.3) is 0 Å². The molecular weight excluding hydrogens is 312 g/mol. The van der Waals surface area contributed by atoms with Gasteiger partial charge in [0.1, 0.15) is 0 Å². The lowest BCUT2D eigenvalue weighted by molar-refractivity contribution is 0.699. The van der Waals surface area contributed by atoms with E-state index in [9.17, 15) is 0 Å². The van der Waals surface area contributed by atoms with Crippen molar-refractivity contribution in [3.8, 4) is 23.7 Å². The third kappa shape index (κ3) is 5.98. The van der Waals surface area contributed by atoms with Crippen LogP contribution in [0.25, 0.3) is 0 Å². The SMILES string of the molecule is C(#CC1=C(C#CCCc2ccccc2)CCCC1)CCc1ccccc1. The van der Waals surface area contributed by atoms with Gasteiger partial charge >= 0.3 is 0 Å². The number of hydrogen-bond acceptors (Lipinski definition) is 0. The van der Waals surface area contributed by atoms with Crippen molar-refractivity contribution < 1.29 is 0 Å². The predicted octanol–water partition coefficient (Wildman–Crippen LogP) is 6.13. The van der Waals surface area contributed by atoms with E-state index in [0.717, 1.165) is 38.5 Å². The van der Waals surface area contributed by atoms with Crippen molar-refractivity contribution >= 4 is 0 Å². The highest BCUT2D eigenvalue weighted by molar-refractivity contribution is 5.44. The molecule has 0 amide bonds. The summed E-state index contributed by atoms with van der Waals surface area (Å²) in [6, 6.07) is 21.2. The first-order valence-electron chi connectivity index (χ1n) is 9.69. The monoisotopic (exact) mass is 338 g/mol. The van der Waals surface area contributed by atoms with E-state index >= 15 is 0 Å². The largest absolute Gasteiger partial charge is 0.0979 e. The summed E-state index contributed by atoms with van der Waals surface area (Å²) in [7, 11) is 0. The topological polar surface area (TPSA) is 0 Å². The fraction of sp³-hybridized carbons (Fsp3) is 0.308. The Kier molecular flexibility index (Phi) is 7.19. The molecule has 0 bridgehead atoms. The molecule has 0 heterocycles. The van der Waals surface area contributed by atoms with Gasteiger partial charge in [-0.15, -0.1) is 0 Å². The van der Waals surface area contributed by atoms with Crippen LogP contribution in [0.3, 0.4) is 0 Å². The van der Waals surface area contributed by atoms with Crippen LogP contribution in [-0.4, -0.2) is 0 Å². The molecule has 2 aromatic rings. The third-order valence-corrected chi connectivity index (χ3v) is 4.71. The quantitative estimate of drug-likeness (QED) is 0.588. The lowest BCUT2D eigenvalue weighted by Gasteiger charge is -2.11. The molecule has 130 valence electrons. The molecule has 0 unspecified atom stereocenters. The average molecular weight is 338 g/mol. The van der Waals surface area contributed by atoms with E-state index in [4.69, 9.17) is 0 Å². The molecule has 0 radical (unpaired) electrons. The highest BCUT2D eigenvalue weighted by Gasteiger charge is 2.08. The Morgan fingerprint density at radius 3 is 1.42 bits per heavy atom. The Morgan fingerprint density at radius 2 is 1.00 bits per heavy atom. The molecule has 0 spiro atoms. The Labute approximate surface area is 158 Å². The lowest BCUT2D eigenvalue weighted by atomic mass is 9.92. The van der Waals surface area contributed by atoms with Crippen LogP contribution in [0, 0.1) is 23.7 Å². The van der Waals surface area contributed by atoms with Gasteiger partial charge in [0, 0.05) is 24.0 Å². The minimum Gasteiger partial charge on any atom is -0.0979 e. The van der Waals surface area contributed by atoms with Crippen molar-refractivity contribution in [3.63, 3.8) is 0 Å². The standard InChI is InChI=1S/C26H26/c1-3-13-23(14-4-1)17-7-9-19-25-21-11-12-22-26(25)20-10-8-18-24-15-5-2-6-16-24/h1-6,13-16H,7-8,11-12,17-18,21-22H2. The van der Waals surface area contributed by atoms with E-state index in [1.54, 1.807) is 0 Å². The normalized spacial score (nSPS) is 13.4. The molecule has 0 saturated heterocycles. The van der Waals surface area contributed by atoms with Crippen LogP contribution in [-0.2, 0) is 12.8 Å². The molecule has 0 heteroatoms. The van der Waals surface area contributed by atoms with Crippen molar-refractivity contribution in [1.82, 2.24) is 0 Å². The van der Waals surface area contributed by atoms with Gasteiger partial charge in [0.15, 0.2) is 0 Å². The molecule has 1 aliphatic carbocycles. The van der Waals surface area contributed by atoms with E-state index in [1.807, 2.05) is 0 Å². The molecule has 1 aliphatic rings. The highest BCUT2D eigenvalue weighted by Crippen LogP contribution is 2.23. The van der Waals surface area contributed by atoms with Crippen molar-refractivity contribution in [3.05, 3.63) is 82.9 Å². The van der Waals surface area contributed by atoms with E-state index in [2.05, 4.69) is 84.3 Å². The van der Waals surface area contributed by atoms with Crippen molar-refractivity contribution in [2.75, 3.05) is 0 Å². The van der Waals surface area contributed by atoms with E-state index in [1.165, 1.54) is 35.1 Å².